The van der Waals surface area contributed by atoms with Crippen molar-refractivity contribution < 1.29 is 4.79 Å². The number of halogens is 1. The number of nitrogens with one attached hydrogen (secondary N) is 1. The summed E-state index contributed by atoms with van der Waals surface area (Å²) in [6.45, 7) is 2.32. The maximum Gasteiger partial charge on any atom is 0.261 e. The van der Waals surface area contributed by atoms with Crippen molar-refractivity contribution in [3.63, 3.8) is 0 Å². The molecule has 2 aliphatic heterocycles. The summed E-state index contributed by atoms with van der Waals surface area (Å²) in [6, 6.07) is 4.45. The van der Waals surface area contributed by atoms with Crippen molar-refractivity contribution >= 4 is 28.8 Å². The van der Waals surface area contributed by atoms with Gasteiger partial charge in [0, 0.05) is 18.6 Å². The number of thiophene rings is 1. The summed E-state index contributed by atoms with van der Waals surface area (Å²) >= 11 is 7.21. The number of carbonyl (C=O) groups is 1. The van der Waals surface area contributed by atoms with E-state index in [0.29, 0.717) is 21.3 Å². The lowest BCUT2D eigenvalue weighted by Gasteiger charge is -2.32. The molecule has 0 saturated carbocycles. The smallest absolute Gasteiger partial charge is 0.261 e. The second-order valence-corrected chi connectivity index (χ2v) is 6.79. The van der Waals surface area contributed by atoms with Crippen LogP contribution < -0.4 is 5.32 Å². The Hall–Kier alpha value is -0.580. The average molecular weight is 285 g/mol. The first kappa shape index (κ1) is 12.5. The minimum Gasteiger partial charge on any atom is -0.347 e. The van der Waals surface area contributed by atoms with E-state index in [1.165, 1.54) is 37.1 Å². The molecule has 1 aromatic heterocycles. The zero-order valence-corrected chi connectivity index (χ0v) is 11.8. The van der Waals surface area contributed by atoms with Crippen molar-refractivity contribution in [2.24, 2.45) is 0 Å². The van der Waals surface area contributed by atoms with Crippen LogP contribution in [0.4, 0.5) is 0 Å². The van der Waals surface area contributed by atoms with Crippen LogP contribution >= 0.6 is 22.9 Å². The Kier molecular flexibility index (Phi) is 3.59. The van der Waals surface area contributed by atoms with Gasteiger partial charge in [0.15, 0.2) is 0 Å². The summed E-state index contributed by atoms with van der Waals surface area (Å²) in [4.78, 5) is 15.4. The topological polar surface area (TPSA) is 32.3 Å². The molecule has 0 aromatic carbocycles. The fraction of sp³-hybridized carbons (Fsp3) is 0.615. The predicted molar refractivity (Wildman–Crippen MR) is 74.4 cm³/mol. The first-order valence-electron chi connectivity index (χ1n) is 6.54. The number of amides is 1. The van der Waals surface area contributed by atoms with Gasteiger partial charge in [0.25, 0.3) is 5.91 Å². The number of hydrogen-bond acceptors (Lipinski definition) is 3. The van der Waals surface area contributed by atoms with E-state index >= 15 is 0 Å². The SMILES string of the molecule is O=C(NC1CCN2CCCCC12)c1ccc(Cl)s1. The predicted octanol–water partition coefficient (Wildman–Crippen LogP) is 2.76. The molecular formula is C13H17ClN2OS. The quantitative estimate of drug-likeness (QED) is 0.906. The van der Waals surface area contributed by atoms with Gasteiger partial charge in [-0.15, -0.1) is 11.3 Å². The fourth-order valence-corrected chi connectivity index (χ4v) is 4.04. The van der Waals surface area contributed by atoms with Gasteiger partial charge >= 0.3 is 0 Å². The summed E-state index contributed by atoms with van der Waals surface area (Å²) in [5.41, 5.74) is 0. The molecule has 18 heavy (non-hydrogen) atoms. The zero-order valence-electron chi connectivity index (χ0n) is 10.2. The van der Waals surface area contributed by atoms with E-state index in [1.54, 1.807) is 12.1 Å². The summed E-state index contributed by atoms with van der Waals surface area (Å²) in [6.07, 6.45) is 4.89. The van der Waals surface area contributed by atoms with Crippen molar-refractivity contribution in [3.05, 3.63) is 21.3 Å². The van der Waals surface area contributed by atoms with E-state index in [-0.39, 0.29) is 5.91 Å². The molecular weight excluding hydrogens is 268 g/mol. The zero-order chi connectivity index (χ0) is 12.5. The van der Waals surface area contributed by atoms with Crippen molar-refractivity contribution in [3.8, 4) is 0 Å². The fourth-order valence-electron chi connectivity index (χ4n) is 3.09. The maximum absolute atomic E-state index is 12.1. The van der Waals surface area contributed by atoms with Crippen LogP contribution in [0.25, 0.3) is 0 Å². The van der Waals surface area contributed by atoms with Crippen molar-refractivity contribution in [2.45, 2.75) is 37.8 Å². The highest BCUT2D eigenvalue weighted by atomic mass is 35.5. The summed E-state index contributed by atoms with van der Waals surface area (Å²) in [7, 11) is 0. The molecule has 3 nitrogen and oxygen atoms in total. The maximum atomic E-state index is 12.1. The Balaban J connectivity index is 1.64. The Labute approximate surface area is 116 Å². The van der Waals surface area contributed by atoms with Crippen LogP contribution in [0, 0.1) is 0 Å². The van der Waals surface area contributed by atoms with Gasteiger partial charge < -0.3 is 5.32 Å². The van der Waals surface area contributed by atoms with Crippen LogP contribution in [-0.4, -0.2) is 36.0 Å². The van der Waals surface area contributed by atoms with Crippen molar-refractivity contribution in [1.29, 1.82) is 0 Å². The average Bonchev–Trinajstić information content (AvgIpc) is 2.97. The van der Waals surface area contributed by atoms with Gasteiger partial charge in [0.1, 0.15) is 0 Å². The third-order valence-corrected chi connectivity index (χ3v) is 5.20. The highest BCUT2D eigenvalue weighted by Crippen LogP contribution is 2.28. The molecule has 1 N–H and O–H groups in total. The first-order chi connectivity index (χ1) is 8.74. The van der Waals surface area contributed by atoms with Crippen LogP contribution in [0.15, 0.2) is 12.1 Å². The molecule has 2 fully saturated rings. The molecule has 0 bridgehead atoms. The molecule has 1 amide bonds. The number of piperidine rings is 1. The summed E-state index contributed by atoms with van der Waals surface area (Å²) in [5, 5.41) is 3.18. The van der Waals surface area contributed by atoms with Gasteiger partial charge in [-0.2, -0.15) is 0 Å². The molecule has 2 aliphatic rings. The van der Waals surface area contributed by atoms with Crippen LogP contribution in [0.2, 0.25) is 4.34 Å². The van der Waals surface area contributed by atoms with Crippen molar-refractivity contribution in [2.75, 3.05) is 13.1 Å². The monoisotopic (exact) mass is 284 g/mol. The van der Waals surface area contributed by atoms with Gasteiger partial charge in [-0.3, -0.25) is 9.69 Å². The van der Waals surface area contributed by atoms with Gasteiger partial charge in [-0.05, 0) is 37.9 Å². The summed E-state index contributed by atoms with van der Waals surface area (Å²) < 4.78 is 0.672. The molecule has 0 spiro atoms. The van der Waals surface area contributed by atoms with Crippen molar-refractivity contribution in [1.82, 2.24) is 10.2 Å². The summed E-state index contributed by atoms with van der Waals surface area (Å²) in [5.74, 6) is 0.0318. The number of fused-ring (bicyclic) bond motifs is 1. The van der Waals surface area contributed by atoms with Crippen LogP contribution in [-0.2, 0) is 0 Å². The second-order valence-electron chi connectivity index (χ2n) is 5.07. The van der Waals surface area contributed by atoms with Crippen LogP contribution in [0.3, 0.4) is 0 Å². The lowest BCUT2D eigenvalue weighted by Crippen LogP contribution is -2.46. The Morgan fingerprint density at radius 3 is 3.00 bits per heavy atom. The molecule has 0 aliphatic carbocycles. The largest absolute Gasteiger partial charge is 0.347 e. The molecule has 2 saturated heterocycles. The number of carbonyl (C=O) groups excluding carboxylic acids is 1. The van der Waals surface area contributed by atoms with Gasteiger partial charge in [-0.1, -0.05) is 18.0 Å². The van der Waals surface area contributed by atoms with E-state index in [1.807, 2.05) is 0 Å². The van der Waals surface area contributed by atoms with E-state index in [0.717, 1.165) is 13.0 Å². The lowest BCUT2D eigenvalue weighted by atomic mass is 9.99. The lowest BCUT2D eigenvalue weighted by molar-refractivity contribution is 0.0919. The number of nitrogens with zero attached hydrogens (tertiary/aromatic N) is 1. The Bertz CT molecular complexity index is 448. The number of rotatable bonds is 2. The van der Waals surface area contributed by atoms with E-state index in [4.69, 9.17) is 11.6 Å². The van der Waals surface area contributed by atoms with E-state index in [9.17, 15) is 4.79 Å². The highest BCUT2D eigenvalue weighted by molar-refractivity contribution is 7.17. The molecule has 1 aromatic rings. The molecule has 3 rings (SSSR count). The third kappa shape index (κ3) is 2.42. The van der Waals surface area contributed by atoms with Crippen LogP contribution in [0.1, 0.15) is 35.4 Å². The van der Waals surface area contributed by atoms with Crippen LogP contribution in [0.5, 0.6) is 0 Å². The second kappa shape index (κ2) is 5.19. The first-order valence-corrected chi connectivity index (χ1v) is 7.74. The van der Waals surface area contributed by atoms with E-state index in [2.05, 4.69) is 10.2 Å². The Morgan fingerprint density at radius 1 is 1.33 bits per heavy atom. The molecule has 98 valence electrons. The normalized spacial score (nSPS) is 28.1. The standard InChI is InChI=1S/C13H17ClN2OS/c14-12-5-4-11(18-12)13(17)15-9-6-8-16-7-2-1-3-10(9)16/h4-5,9-10H,1-3,6-8H2,(H,15,17). The molecule has 3 heterocycles. The van der Waals surface area contributed by atoms with Gasteiger partial charge in [0.2, 0.25) is 0 Å². The molecule has 2 atom stereocenters. The molecule has 0 radical (unpaired) electrons. The third-order valence-electron chi connectivity index (χ3n) is 3.97. The minimum absolute atomic E-state index is 0.0318. The molecule has 5 heteroatoms. The van der Waals surface area contributed by atoms with Gasteiger partial charge in [-0.25, -0.2) is 0 Å². The highest BCUT2D eigenvalue weighted by Gasteiger charge is 2.36. The van der Waals surface area contributed by atoms with E-state index < -0.39 is 0 Å². The minimum atomic E-state index is 0.0318. The molecule has 2 unspecified atom stereocenters. The number of hydrogen-bond donors (Lipinski definition) is 1. The van der Waals surface area contributed by atoms with Gasteiger partial charge in [0.05, 0.1) is 9.21 Å². The Morgan fingerprint density at radius 2 is 2.22 bits per heavy atom.